The molecule has 1 fully saturated rings. The number of hydrogen-bond donors (Lipinski definition) is 4. The Bertz CT molecular complexity index is 959. The number of rotatable bonds is 11. The summed E-state index contributed by atoms with van der Waals surface area (Å²) in [5.41, 5.74) is 1.08. The summed E-state index contributed by atoms with van der Waals surface area (Å²) in [6.07, 6.45) is 5.28. The van der Waals surface area contributed by atoms with Crippen LogP contribution in [-0.4, -0.2) is 88.0 Å². The Kier molecular flexibility index (Phi) is 10.1. The van der Waals surface area contributed by atoms with Gasteiger partial charge in [-0.15, -0.1) is 0 Å². The van der Waals surface area contributed by atoms with E-state index >= 15 is 0 Å². The van der Waals surface area contributed by atoms with Gasteiger partial charge in [0.1, 0.15) is 11.7 Å². The summed E-state index contributed by atoms with van der Waals surface area (Å²) < 4.78 is 5.26. The zero-order valence-corrected chi connectivity index (χ0v) is 19.4. The molecule has 0 radical (unpaired) electrons. The van der Waals surface area contributed by atoms with Crippen LogP contribution in [0.4, 0.5) is 0 Å². The quantitative estimate of drug-likeness (QED) is 0.308. The van der Waals surface area contributed by atoms with Crippen LogP contribution < -0.4 is 10.6 Å². The fourth-order valence-corrected chi connectivity index (χ4v) is 3.72. The van der Waals surface area contributed by atoms with Gasteiger partial charge in [0.15, 0.2) is 0 Å². The molecule has 0 bridgehead atoms. The zero-order valence-electron chi connectivity index (χ0n) is 19.4. The minimum atomic E-state index is -1.80. The van der Waals surface area contributed by atoms with Gasteiger partial charge in [-0.2, -0.15) is 0 Å². The van der Waals surface area contributed by atoms with Gasteiger partial charge in [0.2, 0.25) is 11.8 Å². The van der Waals surface area contributed by atoms with Crippen LogP contribution in [0.5, 0.6) is 0 Å². The molecule has 0 aliphatic carbocycles. The van der Waals surface area contributed by atoms with Gasteiger partial charge in [-0.25, -0.2) is 4.98 Å². The molecule has 3 amide bonds. The molecule has 2 aromatic rings. The van der Waals surface area contributed by atoms with Crippen molar-refractivity contribution in [2.75, 3.05) is 26.3 Å². The molecule has 35 heavy (non-hydrogen) atoms. The summed E-state index contributed by atoms with van der Waals surface area (Å²) in [5.74, 6) is -2.65. The second kappa shape index (κ2) is 13.5. The van der Waals surface area contributed by atoms with Gasteiger partial charge in [0.05, 0.1) is 31.8 Å². The highest BCUT2D eigenvalue weighted by molar-refractivity contribution is 6.43. The molecule has 0 saturated carbocycles. The minimum absolute atomic E-state index is 0.00859. The summed E-state index contributed by atoms with van der Waals surface area (Å²) in [4.78, 5) is 47.8. The van der Waals surface area contributed by atoms with Crippen molar-refractivity contribution in [1.82, 2.24) is 25.5 Å². The molecular formula is C23H30BN5O6. The molecule has 11 nitrogen and oxygen atoms in total. The lowest BCUT2D eigenvalue weighted by molar-refractivity contribution is -0.138. The number of carbonyl (C=O) groups excluding carboxylic acids is 3. The van der Waals surface area contributed by atoms with Crippen LogP contribution in [0.15, 0.2) is 48.9 Å². The van der Waals surface area contributed by atoms with Crippen LogP contribution >= 0.6 is 0 Å². The number of benzene rings is 1. The summed E-state index contributed by atoms with van der Waals surface area (Å²) in [5, 5.41) is 24.8. The summed E-state index contributed by atoms with van der Waals surface area (Å²) in [7, 11) is -1.80. The van der Waals surface area contributed by atoms with Gasteiger partial charge in [0.25, 0.3) is 5.91 Å². The van der Waals surface area contributed by atoms with Crippen LogP contribution in [0.25, 0.3) is 0 Å². The number of morpholine rings is 1. The van der Waals surface area contributed by atoms with Crippen molar-refractivity contribution in [2.45, 2.75) is 37.7 Å². The van der Waals surface area contributed by atoms with E-state index < -0.39 is 30.9 Å². The highest BCUT2D eigenvalue weighted by Gasteiger charge is 2.32. The summed E-state index contributed by atoms with van der Waals surface area (Å²) >= 11 is 0. The van der Waals surface area contributed by atoms with Gasteiger partial charge >= 0.3 is 7.12 Å². The molecule has 12 heteroatoms. The standard InChI is InChI=1S/C23H30BN5O6/c30-21(29-11-13-35-14-12-29)15-18(27-23(32)19-16-25-9-10-26-19)22(31)28-20(24(33)34)8-4-7-17-5-2-1-3-6-17/h1-3,5-6,9-10,16,18,20,33-34H,4,7-8,11-15H2,(H,27,32)(H,28,31)/t18-,20-/m1/s1. The van der Waals surface area contributed by atoms with Crippen molar-refractivity contribution in [2.24, 2.45) is 0 Å². The molecule has 0 unspecified atom stereocenters. The van der Waals surface area contributed by atoms with Gasteiger partial charge in [0, 0.05) is 25.5 Å². The lowest BCUT2D eigenvalue weighted by atomic mass is 9.76. The Morgan fingerprint density at radius 2 is 1.83 bits per heavy atom. The van der Waals surface area contributed by atoms with E-state index in [9.17, 15) is 24.4 Å². The minimum Gasteiger partial charge on any atom is -0.426 e. The predicted octanol–water partition coefficient (Wildman–Crippen LogP) is -0.656. The predicted molar refractivity (Wildman–Crippen MR) is 127 cm³/mol. The van der Waals surface area contributed by atoms with E-state index in [4.69, 9.17) is 4.74 Å². The van der Waals surface area contributed by atoms with Gasteiger partial charge < -0.3 is 30.3 Å². The van der Waals surface area contributed by atoms with E-state index in [1.165, 1.54) is 18.6 Å². The maximum atomic E-state index is 13.1. The molecule has 1 aromatic heterocycles. The van der Waals surface area contributed by atoms with Crippen LogP contribution in [-0.2, 0) is 20.7 Å². The lowest BCUT2D eigenvalue weighted by Crippen LogP contribution is -2.55. The Morgan fingerprint density at radius 3 is 2.49 bits per heavy atom. The number of hydrogen-bond acceptors (Lipinski definition) is 8. The molecule has 1 aromatic carbocycles. The molecule has 1 aliphatic rings. The third-order valence-corrected chi connectivity index (χ3v) is 5.67. The number of aromatic nitrogens is 2. The Morgan fingerprint density at radius 1 is 1.09 bits per heavy atom. The van der Waals surface area contributed by atoms with E-state index in [-0.39, 0.29) is 18.0 Å². The zero-order chi connectivity index (χ0) is 25.0. The first-order valence-electron chi connectivity index (χ1n) is 11.6. The monoisotopic (exact) mass is 483 g/mol. The Labute approximate surface area is 204 Å². The van der Waals surface area contributed by atoms with E-state index in [0.717, 1.165) is 5.56 Å². The molecule has 4 N–H and O–H groups in total. The number of amides is 3. The number of carbonyl (C=O) groups is 3. The number of nitrogens with zero attached hydrogens (tertiary/aromatic N) is 3. The highest BCUT2D eigenvalue weighted by Crippen LogP contribution is 2.09. The van der Waals surface area contributed by atoms with Crippen molar-refractivity contribution in [3.8, 4) is 0 Å². The maximum absolute atomic E-state index is 13.1. The second-order valence-corrected chi connectivity index (χ2v) is 8.22. The van der Waals surface area contributed by atoms with Gasteiger partial charge in [-0.05, 0) is 24.8 Å². The lowest BCUT2D eigenvalue weighted by Gasteiger charge is -2.29. The second-order valence-electron chi connectivity index (χ2n) is 8.22. The number of ether oxygens (including phenoxy) is 1. The van der Waals surface area contributed by atoms with Crippen molar-refractivity contribution in [1.29, 1.82) is 0 Å². The molecule has 1 saturated heterocycles. The SMILES string of the molecule is O=C(N[C@H](CC(=O)N1CCOCC1)C(=O)N[C@H](CCCc1ccccc1)B(O)O)c1cnccn1. The summed E-state index contributed by atoms with van der Waals surface area (Å²) in [6, 6.07) is 8.46. The fraction of sp³-hybridized carbons (Fsp3) is 0.435. The van der Waals surface area contributed by atoms with Crippen LogP contribution in [0.3, 0.4) is 0 Å². The first-order valence-corrected chi connectivity index (χ1v) is 11.6. The number of nitrogens with one attached hydrogen (secondary N) is 2. The van der Waals surface area contributed by atoms with E-state index in [0.29, 0.717) is 45.6 Å². The van der Waals surface area contributed by atoms with E-state index in [2.05, 4.69) is 20.6 Å². The topological polar surface area (TPSA) is 154 Å². The van der Waals surface area contributed by atoms with Gasteiger partial charge in [-0.1, -0.05) is 30.3 Å². The van der Waals surface area contributed by atoms with E-state index in [1.54, 1.807) is 4.90 Å². The van der Waals surface area contributed by atoms with Crippen molar-refractivity contribution < 1.29 is 29.2 Å². The molecule has 3 rings (SSSR count). The average molecular weight is 483 g/mol. The van der Waals surface area contributed by atoms with Crippen LogP contribution in [0, 0.1) is 0 Å². The largest absolute Gasteiger partial charge is 0.475 e. The first-order chi connectivity index (χ1) is 16.9. The fourth-order valence-electron chi connectivity index (χ4n) is 3.72. The molecular weight excluding hydrogens is 453 g/mol. The smallest absolute Gasteiger partial charge is 0.426 e. The average Bonchev–Trinajstić information content (AvgIpc) is 2.89. The number of aryl methyl sites for hydroxylation is 1. The molecule has 2 atom stereocenters. The van der Waals surface area contributed by atoms with Gasteiger partial charge in [-0.3, -0.25) is 19.4 Å². The highest BCUT2D eigenvalue weighted by atomic mass is 16.5. The summed E-state index contributed by atoms with van der Waals surface area (Å²) in [6.45, 7) is 1.58. The molecule has 2 heterocycles. The molecule has 186 valence electrons. The van der Waals surface area contributed by atoms with Crippen molar-refractivity contribution in [3.05, 3.63) is 60.2 Å². The first kappa shape index (κ1) is 26.3. The third-order valence-electron chi connectivity index (χ3n) is 5.67. The Balaban J connectivity index is 1.65. The maximum Gasteiger partial charge on any atom is 0.475 e. The Hall–Kier alpha value is -3.35. The van der Waals surface area contributed by atoms with Crippen molar-refractivity contribution in [3.63, 3.8) is 0 Å². The van der Waals surface area contributed by atoms with Crippen LogP contribution in [0.1, 0.15) is 35.3 Å². The third kappa shape index (κ3) is 8.43. The molecule has 1 aliphatic heterocycles. The normalized spacial score (nSPS) is 15.1. The van der Waals surface area contributed by atoms with Crippen LogP contribution in [0.2, 0.25) is 0 Å². The van der Waals surface area contributed by atoms with E-state index in [1.807, 2.05) is 30.3 Å². The van der Waals surface area contributed by atoms with Crippen molar-refractivity contribution >= 4 is 24.8 Å². The molecule has 0 spiro atoms.